The Morgan fingerprint density at radius 2 is 2.04 bits per heavy atom. The number of hydrogen-bond acceptors (Lipinski definition) is 7. The maximum atomic E-state index is 12.0. The number of phosphoric acid groups is 1. The van der Waals surface area contributed by atoms with Gasteiger partial charge in [-0.05, 0) is 13.8 Å². The lowest BCUT2D eigenvalue weighted by molar-refractivity contribution is -0.0840. The second kappa shape index (κ2) is 7.92. The van der Waals surface area contributed by atoms with E-state index in [1.807, 2.05) is 0 Å². The van der Waals surface area contributed by atoms with E-state index in [4.69, 9.17) is 24.0 Å². The normalized spacial score (nSPS) is 27.1. The molecule has 3 N–H and O–H groups in total. The number of methoxy groups -OCH3 is 1. The summed E-state index contributed by atoms with van der Waals surface area (Å²) >= 11 is 0. The zero-order valence-corrected chi connectivity index (χ0v) is 14.8. The number of phosphoric ester groups is 1. The summed E-state index contributed by atoms with van der Waals surface area (Å²) in [4.78, 5) is 43.1. The fraction of sp³-hybridized carbons (Fsp3) is 0.692. The molecule has 0 radical (unpaired) electrons. The van der Waals surface area contributed by atoms with E-state index < -0.39 is 50.2 Å². The third kappa shape index (κ3) is 5.08. The van der Waals surface area contributed by atoms with Gasteiger partial charge < -0.3 is 24.0 Å². The molecule has 12 heteroatoms. The Hall–Kier alpha value is -1.33. The molecule has 1 aliphatic rings. The summed E-state index contributed by atoms with van der Waals surface area (Å²) in [5.41, 5.74) is -1.27. The monoisotopic (exact) mass is 380 g/mol. The molecule has 0 aromatic carbocycles. The Morgan fingerprint density at radius 3 is 2.56 bits per heavy atom. The fourth-order valence-corrected chi connectivity index (χ4v) is 2.93. The van der Waals surface area contributed by atoms with Crippen molar-refractivity contribution in [2.75, 3.05) is 13.7 Å². The average molecular weight is 380 g/mol. The molecule has 1 aromatic rings. The van der Waals surface area contributed by atoms with Crippen LogP contribution in [0.25, 0.3) is 0 Å². The lowest BCUT2D eigenvalue weighted by Gasteiger charge is -2.25. The molecule has 4 atom stereocenters. The number of rotatable bonds is 7. The second-order valence-corrected chi connectivity index (χ2v) is 6.96. The molecule has 0 bridgehead atoms. The highest BCUT2D eigenvalue weighted by Gasteiger charge is 2.48. The van der Waals surface area contributed by atoms with E-state index in [9.17, 15) is 14.2 Å². The first-order chi connectivity index (χ1) is 11.6. The zero-order valence-electron chi connectivity index (χ0n) is 13.9. The first kappa shape index (κ1) is 20.0. The maximum absolute atomic E-state index is 12.0. The Bertz CT molecular complexity index is 740. The molecule has 1 saturated heterocycles. The number of nitrogens with one attached hydrogen (secondary N) is 1. The van der Waals surface area contributed by atoms with Crippen LogP contribution in [0, 0.1) is 0 Å². The Kier molecular flexibility index (Phi) is 6.33. The summed E-state index contributed by atoms with van der Waals surface area (Å²) in [6, 6.07) is 1.15. The Labute approximate surface area is 142 Å². The van der Waals surface area contributed by atoms with E-state index in [-0.39, 0.29) is 6.10 Å². The minimum Gasteiger partial charge on any atom is -0.374 e. The van der Waals surface area contributed by atoms with Gasteiger partial charge in [0.1, 0.15) is 18.3 Å². The van der Waals surface area contributed by atoms with Crippen LogP contribution in [0.4, 0.5) is 0 Å². The lowest BCUT2D eigenvalue weighted by Crippen LogP contribution is -2.41. The van der Waals surface area contributed by atoms with Crippen molar-refractivity contribution in [2.45, 2.75) is 44.5 Å². The highest BCUT2D eigenvalue weighted by Crippen LogP contribution is 2.39. The molecule has 2 unspecified atom stereocenters. The number of H-pyrrole nitrogens is 1. The maximum Gasteiger partial charge on any atom is 0.469 e. The van der Waals surface area contributed by atoms with Gasteiger partial charge in [-0.1, -0.05) is 0 Å². The topological polar surface area (TPSA) is 149 Å². The van der Waals surface area contributed by atoms with Gasteiger partial charge in [-0.15, -0.1) is 0 Å². The predicted molar refractivity (Wildman–Crippen MR) is 84.0 cm³/mol. The zero-order chi connectivity index (χ0) is 18.8. The van der Waals surface area contributed by atoms with Crippen molar-refractivity contribution < 1.29 is 33.1 Å². The molecule has 2 rings (SSSR count). The van der Waals surface area contributed by atoms with Gasteiger partial charge >= 0.3 is 13.5 Å². The molecule has 0 saturated carbocycles. The summed E-state index contributed by atoms with van der Waals surface area (Å²) in [5, 5.41) is 0. The smallest absolute Gasteiger partial charge is 0.374 e. The van der Waals surface area contributed by atoms with Crippen LogP contribution < -0.4 is 11.2 Å². The largest absolute Gasteiger partial charge is 0.469 e. The van der Waals surface area contributed by atoms with Crippen molar-refractivity contribution >= 4 is 7.82 Å². The third-order valence-corrected chi connectivity index (χ3v) is 4.00. The van der Waals surface area contributed by atoms with Crippen LogP contribution in [-0.4, -0.2) is 57.5 Å². The van der Waals surface area contributed by atoms with Crippen molar-refractivity contribution in [3.8, 4) is 0 Å². The predicted octanol–water partition coefficient (Wildman–Crippen LogP) is -0.648. The quantitative estimate of drug-likeness (QED) is 0.525. The Morgan fingerprint density at radius 1 is 1.36 bits per heavy atom. The number of hydrogen-bond donors (Lipinski definition) is 3. The molecule has 0 spiro atoms. The molecule has 1 aromatic heterocycles. The van der Waals surface area contributed by atoms with E-state index in [1.54, 1.807) is 13.8 Å². The van der Waals surface area contributed by atoms with Gasteiger partial charge in [-0.25, -0.2) is 9.36 Å². The molecule has 25 heavy (non-hydrogen) atoms. The van der Waals surface area contributed by atoms with Gasteiger partial charge in [-0.3, -0.25) is 18.9 Å². The van der Waals surface area contributed by atoms with Crippen LogP contribution >= 0.6 is 7.82 Å². The SMILES string of the molecule is COC1C(OC(C)C)[C@@H](COP(=O)(O)O)O[C@H]1n1ccc(=O)[nH]c1=O. The molecular formula is C13H21N2O9P. The third-order valence-electron chi connectivity index (χ3n) is 3.52. The second-order valence-electron chi connectivity index (χ2n) is 5.72. The minimum absolute atomic E-state index is 0.241. The van der Waals surface area contributed by atoms with Gasteiger partial charge in [0.15, 0.2) is 6.23 Å². The first-order valence-corrected chi connectivity index (χ1v) is 9.00. The number of aromatic nitrogens is 2. The molecule has 0 amide bonds. The summed E-state index contributed by atoms with van der Waals surface area (Å²) in [5.74, 6) is 0. The van der Waals surface area contributed by atoms with Crippen molar-refractivity contribution in [3.05, 3.63) is 33.1 Å². The Balaban J connectivity index is 2.32. The highest BCUT2D eigenvalue weighted by molar-refractivity contribution is 7.46. The van der Waals surface area contributed by atoms with Crippen molar-refractivity contribution in [1.29, 1.82) is 0 Å². The molecule has 2 heterocycles. The average Bonchev–Trinajstić information content (AvgIpc) is 2.81. The van der Waals surface area contributed by atoms with Gasteiger partial charge in [0.2, 0.25) is 0 Å². The first-order valence-electron chi connectivity index (χ1n) is 7.47. The van der Waals surface area contributed by atoms with E-state index in [2.05, 4.69) is 9.51 Å². The van der Waals surface area contributed by atoms with Crippen LogP contribution in [0.1, 0.15) is 20.1 Å². The summed E-state index contributed by atoms with van der Waals surface area (Å²) in [6.07, 6.45) is -2.38. The van der Waals surface area contributed by atoms with Crippen LogP contribution in [-0.2, 0) is 23.3 Å². The van der Waals surface area contributed by atoms with Crippen molar-refractivity contribution in [1.82, 2.24) is 9.55 Å². The summed E-state index contributed by atoms with van der Waals surface area (Å²) < 4.78 is 33.4. The molecule has 142 valence electrons. The number of aromatic amines is 1. The highest BCUT2D eigenvalue weighted by atomic mass is 31.2. The van der Waals surface area contributed by atoms with Gasteiger partial charge in [0.25, 0.3) is 5.56 Å². The van der Waals surface area contributed by atoms with Crippen LogP contribution in [0.2, 0.25) is 0 Å². The molecule has 11 nitrogen and oxygen atoms in total. The van der Waals surface area contributed by atoms with Crippen molar-refractivity contribution in [3.63, 3.8) is 0 Å². The standard InChI is InChI=1S/C13H21N2O9P/c1-7(2)23-10-8(6-22-25(18,19)20)24-12(11(10)21-3)15-5-4-9(16)14-13(15)17/h4-5,7-8,10-12H,6H2,1-3H3,(H,14,16,17)(H2,18,19,20)/t8-,10?,11?,12-/m1/s1. The summed E-state index contributed by atoms with van der Waals surface area (Å²) in [7, 11) is -3.32. The fourth-order valence-electron chi connectivity index (χ4n) is 2.59. The van der Waals surface area contributed by atoms with Gasteiger partial charge in [0.05, 0.1) is 12.7 Å². The van der Waals surface area contributed by atoms with Crippen LogP contribution in [0.5, 0.6) is 0 Å². The van der Waals surface area contributed by atoms with E-state index in [1.165, 1.54) is 13.3 Å². The van der Waals surface area contributed by atoms with E-state index in [0.717, 1.165) is 10.6 Å². The minimum atomic E-state index is -4.71. The summed E-state index contributed by atoms with van der Waals surface area (Å²) in [6.45, 7) is 3.08. The number of ether oxygens (including phenoxy) is 3. The van der Waals surface area contributed by atoms with Crippen molar-refractivity contribution in [2.24, 2.45) is 0 Å². The van der Waals surface area contributed by atoms with E-state index >= 15 is 0 Å². The van der Waals surface area contributed by atoms with E-state index in [0.29, 0.717) is 0 Å². The van der Waals surface area contributed by atoms with Gasteiger partial charge in [-0.2, -0.15) is 0 Å². The number of nitrogens with zero attached hydrogens (tertiary/aromatic N) is 1. The molecule has 1 fully saturated rings. The lowest BCUT2D eigenvalue weighted by atomic mass is 10.1. The van der Waals surface area contributed by atoms with Crippen LogP contribution in [0.15, 0.2) is 21.9 Å². The molecule has 0 aliphatic carbocycles. The molecular weight excluding hydrogens is 359 g/mol. The van der Waals surface area contributed by atoms with Gasteiger partial charge in [0, 0.05) is 19.4 Å². The molecule has 1 aliphatic heterocycles. The van der Waals surface area contributed by atoms with Crippen LogP contribution in [0.3, 0.4) is 0 Å².